The minimum absolute atomic E-state index is 0.105. The number of carbonyl (C=O) groups is 1. The Bertz CT molecular complexity index is 414. The second-order valence-electron chi connectivity index (χ2n) is 4.50. The van der Waals surface area contributed by atoms with E-state index in [0.717, 1.165) is 24.1 Å². The Labute approximate surface area is 95.5 Å². The van der Waals surface area contributed by atoms with Crippen molar-refractivity contribution in [2.45, 2.75) is 26.7 Å². The highest BCUT2D eigenvalue weighted by Crippen LogP contribution is 2.38. The number of anilines is 1. The molecule has 0 heterocycles. The number of hydrogen-bond donors (Lipinski definition) is 2. The molecule has 0 unspecified atom stereocenters. The predicted octanol–water partition coefficient (Wildman–Crippen LogP) is 2.55. The Kier molecular flexibility index (Phi) is 2.86. The molecule has 1 saturated carbocycles. The first-order chi connectivity index (χ1) is 7.61. The number of aromatic hydroxyl groups is 1. The number of rotatable bonds is 3. The van der Waals surface area contributed by atoms with Gasteiger partial charge in [-0.3, -0.25) is 4.79 Å². The number of aryl methyl sites for hydroxylation is 1. The Morgan fingerprint density at radius 3 is 2.81 bits per heavy atom. The predicted molar refractivity (Wildman–Crippen MR) is 63.4 cm³/mol. The lowest BCUT2D eigenvalue weighted by Crippen LogP contribution is -2.15. The standard InChI is InChI=1S/C13H17NO2/c1-3-9-7-10(15)4-5-12(9)14-13(16)11-6-8(11)2/h4-5,7-8,11,15H,3,6H2,1-2H3,(H,14,16)/t8-,11+/m0/s1. The molecule has 1 aliphatic rings. The van der Waals surface area contributed by atoms with E-state index in [1.165, 1.54) is 0 Å². The van der Waals surface area contributed by atoms with E-state index in [4.69, 9.17) is 0 Å². The molecule has 0 saturated heterocycles. The fraction of sp³-hybridized carbons (Fsp3) is 0.462. The SMILES string of the molecule is CCc1cc(O)ccc1NC(=O)[C@@H]1C[C@@H]1C. The van der Waals surface area contributed by atoms with Crippen molar-refractivity contribution in [2.75, 3.05) is 5.32 Å². The molecule has 3 heteroatoms. The first-order valence-corrected chi connectivity index (χ1v) is 5.74. The van der Waals surface area contributed by atoms with Crippen molar-refractivity contribution in [1.29, 1.82) is 0 Å². The highest BCUT2D eigenvalue weighted by atomic mass is 16.3. The number of phenolic OH excluding ortho intramolecular Hbond substituents is 1. The molecule has 0 spiro atoms. The van der Waals surface area contributed by atoms with Gasteiger partial charge < -0.3 is 10.4 Å². The molecule has 1 aromatic carbocycles. The Morgan fingerprint density at radius 1 is 1.56 bits per heavy atom. The molecule has 2 rings (SSSR count). The largest absolute Gasteiger partial charge is 0.508 e. The normalized spacial score (nSPS) is 22.9. The lowest BCUT2D eigenvalue weighted by Gasteiger charge is -2.10. The van der Waals surface area contributed by atoms with Crippen LogP contribution in [0.25, 0.3) is 0 Å². The summed E-state index contributed by atoms with van der Waals surface area (Å²) in [7, 11) is 0. The fourth-order valence-electron chi connectivity index (χ4n) is 1.91. The first kappa shape index (κ1) is 11.0. The van der Waals surface area contributed by atoms with E-state index in [0.29, 0.717) is 5.92 Å². The monoisotopic (exact) mass is 219 g/mol. The molecular formula is C13H17NO2. The van der Waals surface area contributed by atoms with Gasteiger partial charge in [-0.05, 0) is 42.5 Å². The fourth-order valence-corrected chi connectivity index (χ4v) is 1.91. The second-order valence-corrected chi connectivity index (χ2v) is 4.50. The Morgan fingerprint density at radius 2 is 2.25 bits per heavy atom. The average molecular weight is 219 g/mol. The van der Waals surface area contributed by atoms with Gasteiger partial charge >= 0.3 is 0 Å². The summed E-state index contributed by atoms with van der Waals surface area (Å²) < 4.78 is 0. The van der Waals surface area contributed by atoms with Gasteiger partial charge in [-0.2, -0.15) is 0 Å². The van der Waals surface area contributed by atoms with E-state index in [9.17, 15) is 9.90 Å². The van der Waals surface area contributed by atoms with Gasteiger partial charge in [-0.25, -0.2) is 0 Å². The molecule has 1 aliphatic carbocycles. The smallest absolute Gasteiger partial charge is 0.227 e. The molecule has 0 bridgehead atoms. The first-order valence-electron chi connectivity index (χ1n) is 5.74. The Hall–Kier alpha value is -1.51. The quantitative estimate of drug-likeness (QED) is 0.767. The number of phenols is 1. The van der Waals surface area contributed by atoms with Crippen molar-refractivity contribution in [2.24, 2.45) is 11.8 Å². The van der Waals surface area contributed by atoms with Gasteiger partial charge in [0.05, 0.1) is 0 Å². The van der Waals surface area contributed by atoms with Crippen molar-refractivity contribution in [3.8, 4) is 5.75 Å². The maximum absolute atomic E-state index is 11.8. The third kappa shape index (κ3) is 2.18. The highest BCUT2D eigenvalue weighted by Gasteiger charge is 2.39. The van der Waals surface area contributed by atoms with Crippen LogP contribution in [0.15, 0.2) is 18.2 Å². The molecular weight excluding hydrogens is 202 g/mol. The summed E-state index contributed by atoms with van der Waals surface area (Å²) in [6.45, 7) is 4.09. The second kappa shape index (κ2) is 4.16. The summed E-state index contributed by atoms with van der Waals surface area (Å²) in [5.74, 6) is 1.04. The van der Waals surface area contributed by atoms with Gasteiger partial charge in [0.25, 0.3) is 0 Å². The van der Waals surface area contributed by atoms with E-state index >= 15 is 0 Å². The van der Waals surface area contributed by atoms with Crippen molar-refractivity contribution in [1.82, 2.24) is 0 Å². The van der Waals surface area contributed by atoms with Crippen LogP contribution in [0.3, 0.4) is 0 Å². The average Bonchev–Trinajstić information content (AvgIpc) is 2.98. The summed E-state index contributed by atoms with van der Waals surface area (Å²) in [5.41, 5.74) is 1.80. The molecule has 86 valence electrons. The maximum Gasteiger partial charge on any atom is 0.227 e. The zero-order valence-electron chi connectivity index (χ0n) is 9.66. The summed E-state index contributed by atoms with van der Waals surface area (Å²) in [5, 5.41) is 12.3. The van der Waals surface area contributed by atoms with Crippen LogP contribution in [0.4, 0.5) is 5.69 Å². The maximum atomic E-state index is 11.8. The van der Waals surface area contributed by atoms with Gasteiger partial charge in [0, 0.05) is 11.6 Å². The molecule has 0 aromatic heterocycles. The van der Waals surface area contributed by atoms with Crippen LogP contribution in [0.1, 0.15) is 25.8 Å². The van der Waals surface area contributed by atoms with E-state index < -0.39 is 0 Å². The van der Waals surface area contributed by atoms with Crippen LogP contribution >= 0.6 is 0 Å². The van der Waals surface area contributed by atoms with Crippen molar-refractivity contribution in [3.05, 3.63) is 23.8 Å². The van der Waals surface area contributed by atoms with Crippen molar-refractivity contribution >= 4 is 11.6 Å². The number of hydrogen-bond acceptors (Lipinski definition) is 2. The summed E-state index contributed by atoms with van der Waals surface area (Å²) in [4.78, 5) is 11.8. The molecule has 2 atom stereocenters. The topological polar surface area (TPSA) is 49.3 Å². The van der Waals surface area contributed by atoms with Crippen LogP contribution in [0.2, 0.25) is 0 Å². The third-order valence-electron chi connectivity index (χ3n) is 3.17. The minimum atomic E-state index is 0.105. The van der Waals surface area contributed by atoms with E-state index in [2.05, 4.69) is 12.2 Å². The van der Waals surface area contributed by atoms with Gasteiger partial charge in [-0.1, -0.05) is 13.8 Å². The van der Waals surface area contributed by atoms with E-state index in [-0.39, 0.29) is 17.6 Å². The van der Waals surface area contributed by atoms with Crippen LogP contribution in [-0.2, 0) is 11.2 Å². The Balaban J connectivity index is 2.11. The molecule has 0 radical (unpaired) electrons. The zero-order chi connectivity index (χ0) is 11.7. The molecule has 0 aliphatic heterocycles. The van der Waals surface area contributed by atoms with Crippen LogP contribution in [-0.4, -0.2) is 11.0 Å². The number of carbonyl (C=O) groups excluding carboxylic acids is 1. The van der Waals surface area contributed by atoms with Crippen molar-refractivity contribution < 1.29 is 9.90 Å². The van der Waals surface area contributed by atoms with E-state index in [1.807, 2.05) is 6.92 Å². The molecule has 1 aromatic rings. The zero-order valence-corrected chi connectivity index (χ0v) is 9.66. The van der Waals surface area contributed by atoms with Gasteiger partial charge in [0.1, 0.15) is 5.75 Å². The summed E-state index contributed by atoms with van der Waals surface area (Å²) in [6.07, 6.45) is 1.79. The molecule has 16 heavy (non-hydrogen) atoms. The van der Waals surface area contributed by atoms with Crippen LogP contribution in [0, 0.1) is 11.8 Å². The molecule has 1 amide bonds. The highest BCUT2D eigenvalue weighted by molar-refractivity contribution is 5.95. The van der Waals surface area contributed by atoms with Crippen molar-refractivity contribution in [3.63, 3.8) is 0 Å². The number of benzene rings is 1. The van der Waals surface area contributed by atoms with Gasteiger partial charge in [0.2, 0.25) is 5.91 Å². The molecule has 2 N–H and O–H groups in total. The minimum Gasteiger partial charge on any atom is -0.508 e. The van der Waals surface area contributed by atoms with Crippen LogP contribution in [0.5, 0.6) is 5.75 Å². The van der Waals surface area contributed by atoms with Gasteiger partial charge in [-0.15, -0.1) is 0 Å². The summed E-state index contributed by atoms with van der Waals surface area (Å²) >= 11 is 0. The lowest BCUT2D eigenvalue weighted by molar-refractivity contribution is -0.117. The molecule has 1 fully saturated rings. The lowest BCUT2D eigenvalue weighted by atomic mass is 10.1. The summed E-state index contributed by atoms with van der Waals surface area (Å²) in [6, 6.07) is 5.07. The van der Waals surface area contributed by atoms with E-state index in [1.54, 1.807) is 18.2 Å². The number of amides is 1. The van der Waals surface area contributed by atoms with Crippen LogP contribution < -0.4 is 5.32 Å². The third-order valence-corrected chi connectivity index (χ3v) is 3.17. The van der Waals surface area contributed by atoms with Gasteiger partial charge in [0.15, 0.2) is 0 Å². The molecule has 3 nitrogen and oxygen atoms in total. The number of nitrogens with one attached hydrogen (secondary N) is 1.